The predicted molar refractivity (Wildman–Crippen MR) is 67.6 cm³/mol. The molecule has 0 saturated carbocycles. The molecule has 0 spiro atoms. The third-order valence-electron chi connectivity index (χ3n) is 2.54. The highest BCUT2D eigenvalue weighted by atomic mass is 16.5. The Balaban J connectivity index is 2.67. The average molecular weight is 253 g/mol. The molecule has 0 saturated heterocycles. The molecule has 2 N–H and O–H groups in total. The Labute approximate surface area is 107 Å². The second-order valence-corrected chi connectivity index (χ2v) is 3.82. The van der Waals surface area contributed by atoms with Crippen LogP contribution in [0.15, 0.2) is 18.2 Å². The number of hydrogen-bond acceptors (Lipinski definition) is 5. The summed E-state index contributed by atoms with van der Waals surface area (Å²) in [6.45, 7) is 4.41. The van der Waals surface area contributed by atoms with Crippen molar-refractivity contribution in [2.24, 2.45) is 0 Å². The Morgan fingerprint density at radius 3 is 2.83 bits per heavy atom. The normalized spacial score (nSPS) is 11.9. The zero-order valence-corrected chi connectivity index (χ0v) is 10.9. The van der Waals surface area contributed by atoms with Gasteiger partial charge in [-0.3, -0.25) is 4.79 Å². The molecule has 0 bridgehead atoms. The van der Waals surface area contributed by atoms with Crippen molar-refractivity contribution in [3.05, 3.63) is 23.8 Å². The number of hydrogen-bond donors (Lipinski definition) is 2. The fourth-order valence-corrected chi connectivity index (χ4v) is 1.51. The number of carbonyl (C=O) groups is 1. The van der Waals surface area contributed by atoms with Crippen molar-refractivity contribution in [3.8, 4) is 11.5 Å². The van der Waals surface area contributed by atoms with Crippen LogP contribution in [-0.4, -0.2) is 30.8 Å². The summed E-state index contributed by atoms with van der Waals surface area (Å²) < 4.78 is 9.89. The van der Waals surface area contributed by atoms with Gasteiger partial charge in [-0.15, -0.1) is 0 Å². The smallest absolute Gasteiger partial charge is 0.322 e. The maximum Gasteiger partial charge on any atom is 0.322 e. The molecule has 1 atom stereocenters. The molecule has 0 aromatic heterocycles. The number of esters is 1. The van der Waals surface area contributed by atoms with Gasteiger partial charge in [0.1, 0.15) is 6.04 Å². The van der Waals surface area contributed by atoms with Crippen LogP contribution in [0.1, 0.15) is 19.4 Å². The van der Waals surface area contributed by atoms with E-state index in [0.717, 1.165) is 0 Å². The third-order valence-corrected chi connectivity index (χ3v) is 2.54. The first-order valence-electron chi connectivity index (χ1n) is 5.85. The van der Waals surface area contributed by atoms with Gasteiger partial charge in [0, 0.05) is 12.1 Å². The van der Waals surface area contributed by atoms with E-state index in [4.69, 9.17) is 4.74 Å². The number of nitrogens with one attached hydrogen (secondary N) is 1. The molecule has 0 radical (unpaired) electrons. The van der Waals surface area contributed by atoms with Gasteiger partial charge in [0.15, 0.2) is 11.5 Å². The molecule has 1 aromatic carbocycles. The molecule has 18 heavy (non-hydrogen) atoms. The van der Waals surface area contributed by atoms with Crippen LogP contribution in [0.5, 0.6) is 11.5 Å². The third kappa shape index (κ3) is 3.63. The summed E-state index contributed by atoms with van der Waals surface area (Å²) >= 11 is 0. The van der Waals surface area contributed by atoms with Gasteiger partial charge in [-0.2, -0.15) is 0 Å². The lowest BCUT2D eigenvalue weighted by Crippen LogP contribution is -2.34. The minimum atomic E-state index is -0.426. The molecule has 0 fully saturated rings. The van der Waals surface area contributed by atoms with E-state index in [9.17, 15) is 9.90 Å². The van der Waals surface area contributed by atoms with Gasteiger partial charge in [0.25, 0.3) is 0 Å². The number of ether oxygens (including phenoxy) is 2. The first-order chi connectivity index (χ1) is 8.60. The SMILES string of the molecule is CCOc1cccc(CN[C@@H](C)C(=O)OC)c1O. The summed E-state index contributed by atoms with van der Waals surface area (Å²) in [5, 5.41) is 12.9. The Hall–Kier alpha value is -1.75. The van der Waals surface area contributed by atoms with Crippen LogP contribution in [0.3, 0.4) is 0 Å². The van der Waals surface area contributed by atoms with E-state index >= 15 is 0 Å². The van der Waals surface area contributed by atoms with Crippen molar-refractivity contribution in [1.29, 1.82) is 0 Å². The number of phenolic OH excluding ortho intramolecular Hbond substituents is 1. The molecule has 5 nitrogen and oxygen atoms in total. The summed E-state index contributed by atoms with van der Waals surface area (Å²) in [7, 11) is 1.34. The second kappa shape index (κ2) is 6.86. The number of benzene rings is 1. The van der Waals surface area contributed by atoms with Gasteiger partial charge in [-0.1, -0.05) is 12.1 Å². The summed E-state index contributed by atoms with van der Waals surface area (Å²) in [5.74, 6) is 0.210. The van der Waals surface area contributed by atoms with E-state index in [2.05, 4.69) is 10.1 Å². The van der Waals surface area contributed by atoms with Crippen molar-refractivity contribution >= 4 is 5.97 Å². The average Bonchev–Trinajstić information content (AvgIpc) is 2.38. The minimum Gasteiger partial charge on any atom is -0.504 e. The largest absolute Gasteiger partial charge is 0.504 e. The first-order valence-corrected chi connectivity index (χ1v) is 5.85. The molecule has 0 heterocycles. The zero-order chi connectivity index (χ0) is 13.5. The monoisotopic (exact) mass is 253 g/mol. The van der Waals surface area contributed by atoms with E-state index in [0.29, 0.717) is 24.5 Å². The van der Waals surface area contributed by atoms with E-state index < -0.39 is 6.04 Å². The van der Waals surface area contributed by atoms with E-state index in [1.165, 1.54) is 7.11 Å². The Kier molecular flexibility index (Phi) is 5.45. The number of methoxy groups -OCH3 is 1. The van der Waals surface area contributed by atoms with Crippen LogP contribution < -0.4 is 10.1 Å². The molecule has 1 aromatic rings. The van der Waals surface area contributed by atoms with Crippen LogP contribution in [-0.2, 0) is 16.1 Å². The number of rotatable bonds is 6. The van der Waals surface area contributed by atoms with Crippen LogP contribution in [0.4, 0.5) is 0 Å². The van der Waals surface area contributed by atoms with E-state index in [-0.39, 0.29) is 11.7 Å². The molecule has 0 aliphatic rings. The summed E-state index contributed by atoms with van der Waals surface area (Å²) in [5.41, 5.74) is 0.678. The zero-order valence-electron chi connectivity index (χ0n) is 10.9. The maximum absolute atomic E-state index is 11.2. The lowest BCUT2D eigenvalue weighted by molar-refractivity contribution is -0.142. The summed E-state index contributed by atoms with van der Waals surface area (Å²) in [4.78, 5) is 11.2. The van der Waals surface area contributed by atoms with Gasteiger partial charge < -0.3 is 19.9 Å². The van der Waals surface area contributed by atoms with Gasteiger partial charge in [0.2, 0.25) is 0 Å². The standard InChI is InChI=1S/C13H19NO4/c1-4-18-11-7-5-6-10(12(11)15)8-14-9(2)13(16)17-3/h5-7,9,14-15H,4,8H2,1-3H3/t9-/m0/s1. The summed E-state index contributed by atoms with van der Waals surface area (Å²) in [6.07, 6.45) is 0. The lowest BCUT2D eigenvalue weighted by Gasteiger charge is -2.13. The second-order valence-electron chi connectivity index (χ2n) is 3.82. The predicted octanol–water partition coefficient (Wildman–Crippen LogP) is 1.44. The fourth-order valence-electron chi connectivity index (χ4n) is 1.51. The quantitative estimate of drug-likeness (QED) is 0.751. The maximum atomic E-state index is 11.2. The van der Waals surface area contributed by atoms with Crippen molar-refractivity contribution < 1.29 is 19.4 Å². The topological polar surface area (TPSA) is 67.8 Å². The van der Waals surface area contributed by atoms with Gasteiger partial charge >= 0.3 is 5.97 Å². The van der Waals surface area contributed by atoms with Gasteiger partial charge in [-0.25, -0.2) is 0 Å². The van der Waals surface area contributed by atoms with Crippen LogP contribution >= 0.6 is 0 Å². The van der Waals surface area contributed by atoms with E-state index in [1.807, 2.05) is 6.92 Å². The molecule has 0 unspecified atom stereocenters. The molecule has 1 rings (SSSR count). The van der Waals surface area contributed by atoms with Crippen molar-refractivity contribution in [2.75, 3.05) is 13.7 Å². The van der Waals surface area contributed by atoms with Crippen molar-refractivity contribution in [2.45, 2.75) is 26.4 Å². The highest BCUT2D eigenvalue weighted by molar-refractivity contribution is 5.75. The first kappa shape index (κ1) is 14.3. The molecule has 100 valence electrons. The lowest BCUT2D eigenvalue weighted by atomic mass is 10.1. The molecular formula is C13H19NO4. The number of para-hydroxylation sites is 1. The van der Waals surface area contributed by atoms with Crippen LogP contribution in [0, 0.1) is 0 Å². The molecular weight excluding hydrogens is 234 g/mol. The highest BCUT2D eigenvalue weighted by Crippen LogP contribution is 2.29. The summed E-state index contributed by atoms with van der Waals surface area (Å²) in [6, 6.07) is 4.84. The number of phenols is 1. The highest BCUT2D eigenvalue weighted by Gasteiger charge is 2.14. The van der Waals surface area contributed by atoms with Gasteiger partial charge in [-0.05, 0) is 19.9 Å². The van der Waals surface area contributed by atoms with E-state index in [1.54, 1.807) is 25.1 Å². The van der Waals surface area contributed by atoms with Crippen molar-refractivity contribution in [3.63, 3.8) is 0 Å². The Morgan fingerprint density at radius 1 is 1.50 bits per heavy atom. The molecule has 0 amide bonds. The molecule has 5 heteroatoms. The Morgan fingerprint density at radius 2 is 2.22 bits per heavy atom. The van der Waals surface area contributed by atoms with Crippen molar-refractivity contribution in [1.82, 2.24) is 5.32 Å². The molecule has 0 aliphatic carbocycles. The minimum absolute atomic E-state index is 0.101. The number of aromatic hydroxyl groups is 1. The number of carbonyl (C=O) groups excluding carboxylic acids is 1. The van der Waals surface area contributed by atoms with Crippen LogP contribution in [0.25, 0.3) is 0 Å². The Bertz CT molecular complexity index is 406. The van der Waals surface area contributed by atoms with Gasteiger partial charge in [0.05, 0.1) is 13.7 Å². The molecule has 0 aliphatic heterocycles. The fraction of sp³-hybridized carbons (Fsp3) is 0.462. The van der Waals surface area contributed by atoms with Crippen LogP contribution in [0.2, 0.25) is 0 Å².